The lowest BCUT2D eigenvalue weighted by atomic mass is 9.92. The molecule has 3 N–H and O–H groups in total. The van der Waals surface area contributed by atoms with Crippen molar-refractivity contribution >= 4 is 50.2 Å². The topological polar surface area (TPSA) is 90.5 Å². The molecule has 0 bridgehead atoms. The number of nitrogens with zero attached hydrogens (tertiary/aromatic N) is 1. The number of nitrogens with one attached hydrogen (secondary N) is 3. The Hall–Kier alpha value is -3.87. The Balaban J connectivity index is 1.30. The van der Waals surface area contributed by atoms with E-state index in [0.717, 1.165) is 23.8 Å². The molecular formula is C29H32N4O3. The van der Waals surface area contributed by atoms with Gasteiger partial charge in [-0.25, -0.2) is 4.79 Å². The third-order valence-electron chi connectivity index (χ3n) is 7.16. The summed E-state index contributed by atoms with van der Waals surface area (Å²) in [5.74, 6) is -0.392. The predicted octanol–water partition coefficient (Wildman–Crippen LogP) is 4.29. The van der Waals surface area contributed by atoms with Crippen LogP contribution >= 0.6 is 0 Å². The summed E-state index contributed by atoms with van der Waals surface area (Å²) in [7, 11) is 0. The van der Waals surface area contributed by atoms with E-state index >= 15 is 0 Å². The molecule has 0 spiro atoms. The minimum atomic E-state index is -0.701. The van der Waals surface area contributed by atoms with Gasteiger partial charge in [-0.05, 0) is 64.1 Å². The molecule has 4 aromatic carbocycles. The number of amides is 4. The maximum atomic E-state index is 13.2. The molecule has 2 atom stereocenters. The molecule has 36 heavy (non-hydrogen) atoms. The normalized spacial score (nSPS) is 16.5. The number of hydrogen-bond acceptors (Lipinski definition) is 3. The average Bonchev–Trinajstić information content (AvgIpc) is 3.39. The molecule has 7 nitrogen and oxygen atoms in total. The van der Waals surface area contributed by atoms with Crippen molar-refractivity contribution in [3.8, 4) is 0 Å². The first-order valence-electron chi connectivity index (χ1n) is 12.8. The van der Waals surface area contributed by atoms with E-state index in [1.807, 2.05) is 6.92 Å². The molecule has 0 aromatic heterocycles. The lowest BCUT2D eigenvalue weighted by Gasteiger charge is -2.27. The van der Waals surface area contributed by atoms with Gasteiger partial charge in [0.05, 0.1) is 0 Å². The molecular weight excluding hydrogens is 452 g/mol. The number of carbonyl (C=O) groups is 3. The molecule has 0 radical (unpaired) electrons. The molecule has 1 aliphatic heterocycles. The van der Waals surface area contributed by atoms with E-state index in [4.69, 9.17) is 0 Å². The number of urea groups is 1. The maximum Gasteiger partial charge on any atom is 0.315 e. The van der Waals surface area contributed by atoms with Crippen LogP contribution in [0.3, 0.4) is 0 Å². The van der Waals surface area contributed by atoms with Crippen molar-refractivity contribution in [1.29, 1.82) is 0 Å². The van der Waals surface area contributed by atoms with Crippen molar-refractivity contribution in [2.45, 2.75) is 51.7 Å². The van der Waals surface area contributed by atoms with Crippen molar-refractivity contribution in [1.82, 2.24) is 20.9 Å². The number of likely N-dealkylation sites (tertiary alicyclic amines) is 1. The molecule has 0 unspecified atom stereocenters. The highest BCUT2D eigenvalue weighted by molar-refractivity contribution is 6.23. The van der Waals surface area contributed by atoms with Gasteiger partial charge in [-0.15, -0.1) is 0 Å². The quantitative estimate of drug-likeness (QED) is 0.342. The van der Waals surface area contributed by atoms with Gasteiger partial charge in [-0.3, -0.25) is 9.59 Å². The van der Waals surface area contributed by atoms with Gasteiger partial charge >= 0.3 is 6.03 Å². The smallest absolute Gasteiger partial charge is 0.315 e. The Labute approximate surface area is 210 Å². The minimum absolute atomic E-state index is 0.158. The Morgan fingerprint density at radius 1 is 0.944 bits per heavy atom. The standard InChI is InChI=1S/C29H32N4O3/c1-3-15-30-29(36)32-18(2)28(35)33-16-5-8-24(33)27(34)31-17-22-12-11-21-10-9-19-6-4-7-20-13-14-23(22)26(21)25(19)20/h4,6-7,9-14,18,24H,3,5,8,15-17H2,1-2H3,(H,31,34)(H2,30,32,36)/t18-,24-/m0/s1. The molecule has 1 heterocycles. The fourth-order valence-corrected chi connectivity index (χ4v) is 5.35. The van der Waals surface area contributed by atoms with Gasteiger partial charge in [0.25, 0.3) is 0 Å². The van der Waals surface area contributed by atoms with Crippen LogP contribution < -0.4 is 16.0 Å². The van der Waals surface area contributed by atoms with Crippen LogP contribution in [0.15, 0.2) is 54.6 Å². The lowest BCUT2D eigenvalue weighted by molar-refractivity contribution is -0.139. The summed E-state index contributed by atoms with van der Waals surface area (Å²) < 4.78 is 0. The van der Waals surface area contributed by atoms with Gasteiger partial charge in [0, 0.05) is 19.6 Å². The summed E-state index contributed by atoms with van der Waals surface area (Å²) in [5.41, 5.74) is 1.05. The summed E-state index contributed by atoms with van der Waals surface area (Å²) in [6.07, 6.45) is 2.19. The molecule has 4 amide bonds. The first-order valence-corrected chi connectivity index (χ1v) is 12.8. The van der Waals surface area contributed by atoms with Crippen LogP contribution in [0.5, 0.6) is 0 Å². The second kappa shape index (κ2) is 10.0. The van der Waals surface area contributed by atoms with E-state index in [1.165, 1.54) is 26.9 Å². The Morgan fingerprint density at radius 3 is 2.39 bits per heavy atom. The highest BCUT2D eigenvalue weighted by atomic mass is 16.2. The van der Waals surface area contributed by atoms with Crippen molar-refractivity contribution in [2.24, 2.45) is 0 Å². The van der Waals surface area contributed by atoms with Crippen molar-refractivity contribution in [3.05, 3.63) is 60.2 Å². The summed E-state index contributed by atoms with van der Waals surface area (Å²) in [5, 5.41) is 15.7. The number of rotatable bonds is 7. The third kappa shape index (κ3) is 4.41. The van der Waals surface area contributed by atoms with Crippen molar-refractivity contribution < 1.29 is 14.4 Å². The van der Waals surface area contributed by atoms with E-state index in [-0.39, 0.29) is 17.8 Å². The lowest BCUT2D eigenvalue weighted by Crippen LogP contribution is -2.53. The van der Waals surface area contributed by atoms with E-state index in [2.05, 4.69) is 70.5 Å². The molecule has 0 aliphatic carbocycles. The van der Waals surface area contributed by atoms with Gasteiger partial charge in [0.15, 0.2) is 0 Å². The van der Waals surface area contributed by atoms with E-state index in [9.17, 15) is 14.4 Å². The van der Waals surface area contributed by atoms with E-state index in [1.54, 1.807) is 11.8 Å². The highest BCUT2D eigenvalue weighted by Gasteiger charge is 2.36. The zero-order valence-electron chi connectivity index (χ0n) is 20.8. The first-order chi connectivity index (χ1) is 17.5. The summed E-state index contributed by atoms with van der Waals surface area (Å²) in [6.45, 7) is 5.07. The Kier molecular flexibility index (Phi) is 6.63. The van der Waals surface area contributed by atoms with Gasteiger partial charge in [0.1, 0.15) is 12.1 Å². The van der Waals surface area contributed by atoms with Gasteiger partial charge in [0.2, 0.25) is 11.8 Å². The zero-order valence-corrected chi connectivity index (χ0v) is 20.8. The predicted molar refractivity (Wildman–Crippen MR) is 143 cm³/mol. The number of hydrogen-bond donors (Lipinski definition) is 3. The minimum Gasteiger partial charge on any atom is -0.350 e. The van der Waals surface area contributed by atoms with Crippen LogP contribution in [-0.4, -0.2) is 47.9 Å². The van der Waals surface area contributed by atoms with Crippen molar-refractivity contribution in [3.63, 3.8) is 0 Å². The molecule has 5 rings (SSSR count). The third-order valence-corrected chi connectivity index (χ3v) is 7.16. The summed E-state index contributed by atoms with van der Waals surface area (Å²) in [6, 6.07) is 17.5. The molecule has 1 aliphatic rings. The Bertz CT molecular complexity index is 1420. The maximum absolute atomic E-state index is 13.2. The fraction of sp³-hybridized carbons (Fsp3) is 0.345. The fourth-order valence-electron chi connectivity index (χ4n) is 5.35. The van der Waals surface area contributed by atoms with E-state index < -0.39 is 12.1 Å². The first kappa shape index (κ1) is 23.9. The van der Waals surface area contributed by atoms with Crippen LogP contribution in [0.1, 0.15) is 38.7 Å². The Morgan fingerprint density at radius 2 is 1.64 bits per heavy atom. The number of carbonyl (C=O) groups excluding carboxylic acids is 3. The van der Waals surface area contributed by atoms with Gasteiger partial charge in [-0.2, -0.15) is 0 Å². The van der Waals surface area contributed by atoms with Gasteiger partial charge in [-0.1, -0.05) is 61.5 Å². The van der Waals surface area contributed by atoms with E-state index in [0.29, 0.717) is 26.1 Å². The van der Waals surface area contributed by atoms with Crippen molar-refractivity contribution in [2.75, 3.05) is 13.1 Å². The average molecular weight is 485 g/mol. The SMILES string of the molecule is CCCNC(=O)N[C@@H](C)C(=O)N1CCC[C@H]1C(=O)NCc1ccc2ccc3cccc4ccc1c2c34. The number of benzene rings is 4. The molecule has 186 valence electrons. The molecule has 1 saturated heterocycles. The van der Waals surface area contributed by atoms with Crippen LogP contribution in [-0.2, 0) is 16.1 Å². The van der Waals surface area contributed by atoms with Crippen LogP contribution in [0, 0.1) is 0 Å². The summed E-state index contributed by atoms with van der Waals surface area (Å²) in [4.78, 5) is 39.8. The monoisotopic (exact) mass is 484 g/mol. The van der Waals surface area contributed by atoms with Crippen LogP contribution in [0.25, 0.3) is 32.3 Å². The molecule has 0 saturated carbocycles. The summed E-state index contributed by atoms with van der Waals surface area (Å²) >= 11 is 0. The molecule has 1 fully saturated rings. The van der Waals surface area contributed by atoms with Crippen LogP contribution in [0.4, 0.5) is 4.79 Å². The highest BCUT2D eigenvalue weighted by Crippen LogP contribution is 2.35. The molecule has 4 aromatic rings. The second-order valence-electron chi connectivity index (χ2n) is 9.61. The second-order valence-corrected chi connectivity index (χ2v) is 9.61. The van der Waals surface area contributed by atoms with Crippen LogP contribution in [0.2, 0.25) is 0 Å². The van der Waals surface area contributed by atoms with Gasteiger partial charge < -0.3 is 20.9 Å². The molecule has 7 heteroatoms. The zero-order chi connectivity index (χ0) is 25.2. The largest absolute Gasteiger partial charge is 0.350 e.